The van der Waals surface area contributed by atoms with Crippen LogP contribution in [0.2, 0.25) is 10.0 Å². The average molecular weight is 164 g/mol. The molecule has 1 rings (SSSR count). The van der Waals surface area contributed by atoms with Crippen LogP contribution in [0.3, 0.4) is 0 Å². The average Bonchev–Trinajstić information content (AvgIpc) is 1.83. The second-order valence-electron chi connectivity index (χ2n) is 1.56. The molecule has 1 aromatic heterocycles. The van der Waals surface area contributed by atoms with Gasteiger partial charge in [0.25, 0.3) is 0 Å². The highest BCUT2D eigenvalue weighted by Crippen LogP contribution is 2.22. The van der Waals surface area contributed by atoms with Gasteiger partial charge >= 0.3 is 0 Å². The molecule has 1 heterocycles. The Morgan fingerprint density at radius 3 is 2.00 bits per heavy atom. The summed E-state index contributed by atoms with van der Waals surface area (Å²) in [7, 11) is 0. The number of rotatable bonds is 0. The van der Waals surface area contributed by atoms with Gasteiger partial charge in [-0.25, -0.2) is 4.98 Å². The van der Waals surface area contributed by atoms with Crippen molar-refractivity contribution in [2.24, 2.45) is 0 Å². The van der Waals surface area contributed by atoms with E-state index in [4.69, 9.17) is 28.9 Å². The molecule has 0 atom stereocenters. The molecular weight excluding hydrogens is 159 g/mol. The van der Waals surface area contributed by atoms with Gasteiger partial charge in [0.05, 0.1) is 5.69 Å². The van der Waals surface area contributed by atoms with Gasteiger partial charge in [-0.05, 0) is 0 Å². The Balaban J connectivity index is 3.25. The van der Waals surface area contributed by atoms with Gasteiger partial charge < -0.3 is 5.73 Å². The number of nitrogens with two attached hydrogens (primary N) is 1. The van der Waals surface area contributed by atoms with Gasteiger partial charge in [-0.15, -0.1) is 0 Å². The molecule has 4 heteroatoms. The Hall–Kier alpha value is -0.470. The summed E-state index contributed by atoms with van der Waals surface area (Å²) in [5.41, 5.74) is 5.81. The highest BCUT2D eigenvalue weighted by molar-refractivity contribution is 6.38. The summed E-state index contributed by atoms with van der Waals surface area (Å²) in [4.78, 5) is 2.73. The van der Waals surface area contributed by atoms with Crippen molar-refractivity contribution in [1.82, 2.24) is 0 Å². The first-order chi connectivity index (χ1) is 4.22. The van der Waals surface area contributed by atoms with Crippen molar-refractivity contribution < 1.29 is 4.98 Å². The van der Waals surface area contributed by atoms with Crippen LogP contribution in [-0.2, 0) is 0 Å². The van der Waals surface area contributed by atoms with E-state index < -0.39 is 0 Å². The zero-order valence-corrected chi connectivity index (χ0v) is 6.00. The van der Waals surface area contributed by atoms with Gasteiger partial charge in [0, 0.05) is 0 Å². The summed E-state index contributed by atoms with van der Waals surface area (Å²) in [5, 5.41) is 0.894. The molecule has 0 aliphatic rings. The van der Waals surface area contributed by atoms with Crippen LogP contribution in [0, 0.1) is 0 Å². The van der Waals surface area contributed by atoms with E-state index in [1.54, 1.807) is 12.4 Å². The minimum absolute atomic E-state index is 0.414. The summed E-state index contributed by atoms with van der Waals surface area (Å²) < 4.78 is 0. The zero-order valence-electron chi connectivity index (χ0n) is 4.49. The van der Waals surface area contributed by atoms with E-state index in [1.807, 2.05) is 0 Å². The first kappa shape index (κ1) is 6.65. The van der Waals surface area contributed by atoms with Crippen LogP contribution in [0.4, 0.5) is 5.69 Å². The van der Waals surface area contributed by atoms with Crippen molar-refractivity contribution >= 4 is 28.9 Å². The van der Waals surface area contributed by atoms with E-state index >= 15 is 0 Å². The summed E-state index contributed by atoms with van der Waals surface area (Å²) in [6.07, 6.45) is 3.14. The van der Waals surface area contributed by atoms with Crippen molar-refractivity contribution in [1.29, 1.82) is 0 Å². The summed E-state index contributed by atoms with van der Waals surface area (Å²) >= 11 is 11.1. The van der Waals surface area contributed by atoms with Gasteiger partial charge in [-0.1, -0.05) is 23.2 Å². The van der Waals surface area contributed by atoms with Crippen molar-refractivity contribution in [2.75, 3.05) is 5.73 Å². The molecule has 0 radical (unpaired) electrons. The number of nitrogen functional groups attached to an aromatic ring is 1. The third-order valence-corrected chi connectivity index (χ3v) is 1.56. The van der Waals surface area contributed by atoms with Crippen LogP contribution in [0.25, 0.3) is 0 Å². The Morgan fingerprint density at radius 1 is 1.22 bits per heavy atom. The fourth-order valence-electron chi connectivity index (χ4n) is 0.458. The quantitative estimate of drug-likeness (QED) is 0.618. The zero-order chi connectivity index (χ0) is 6.85. The first-order valence-electron chi connectivity index (χ1n) is 2.32. The van der Waals surface area contributed by atoms with E-state index in [0.29, 0.717) is 15.7 Å². The lowest BCUT2D eigenvalue weighted by Crippen LogP contribution is -2.01. The SMILES string of the molecule is Nc1c(Cl)c[nH+]cc1Cl. The molecule has 3 N–H and O–H groups in total. The fraction of sp³-hybridized carbons (Fsp3) is 0. The lowest BCUT2D eigenvalue weighted by molar-refractivity contribution is -0.377. The van der Waals surface area contributed by atoms with Crippen LogP contribution < -0.4 is 10.7 Å². The maximum Gasteiger partial charge on any atom is 0.188 e. The Labute approximate surface area is 62.6 Å². The molecule has 0 unspecified atom stereocenters. The minimum Gasteiger partial charge on any atom is -0.396 e. The van der Waals surface area contributed by atoms with Crippen molar-refractivity contribution in [3.63, 3.8) is 0 Å². The van der Waals surface area contributed by atoms with Gasteiger partial charge in [0.2, 0.25) is 0 Å². The third kappa shape index (κ3) is 1.26. The molecule has 0 aromatic carbocycles. The summed E-state index contributed by atoms with van der Waals surface area (Å²) in [5.74, 6) is 0. The highest BCUT2D eigenvalue weighted by atomic mass is 35.5. The minimum atomic E-state index is 0.414. The number of nitrogens with one attached hydrogen (secondary N) is 1. The van der Waals surface area contributed by atoms with Gasteiger partial charge in [0.15, 0.2) is 12.4 Å². The Morgan fingerprint density at radius 2 is 1.67 bits per heavy atom. The van der Waals surface area contributed by atoms with Crippen LogP contribution in [-0.4, -0.2) is 0 Å². The van der Waals surface area contributed by atoms with E-state index in [9.17, 15) is 0 Å². The standard InChI is InChI=1S/C5H4Cl2N2/c6-3-1-9-2-4(7)5(3)8/h1-2H,(H2,8,9)/p+1. The summed E-state index contributed by atoms with van der Waals surface area (Å²) in [6.45, 7) is 0. The number of aromatic nitrogens is 1. The number of aromatic amines is 1. The normalized spacial score (nSPS) is 9.56. The highest BCUT2D eigenvalue weighted by Gasteiger charge is 2.02. The number of hydrogen-bond acceptors (Lipinski definition) is 1. The van der Waals surface area contributed by atoms with Gasteiger partial charge in [-0.2, -0.15) is 0 Å². The molecule has 1 aromatic rings. The Bertz CT molecular complexity index is 204. The third-order valence-electron chi connectivity index (χ3n) is 0.935. The number of hydrogen-bond donors (Lipinski definition) is 1. The fourth-order valence-corrected chi connectivity index (χ4v) is 0.836. The molecule has 0 amide bonds. The largest absolute Gasteiger partial charge is 0.396 e. The maximum absolute atomic E-state index is 5.57. The molecule has 48 valence electrons. The molecule has 0 aliphatic heterocycles. The van der Waals surface area contributed by atoms with E-state index in [2.05, 4.69) is 4.98 Å². The lowest BCUT2D eigenvalue weighted by atomic mass is 10.4. The smallest absolute Gasteiger partial charge is 0.188 e. The molecule has 9 heavy (non-hydrogen) atoms. The monoisotopic (exact) mass is 163 g/mol. The van der Waals surface area contributed by atoms with Gasteiger partial charge in [0.1, 0.15) is 10.0 Å². The molecule has 0 saturated heterocycles. The van der Waals surface area contributed by atoms with Crippen LogP contribution >= 0.6 is 23.2 Å². The lowest BCUT2D eigenvalue weighted by Gasteiger charge is -1.91. The summed E-state index contributed by atoms with van der Waals surface area (Å²) in [6, 6.07) is 0. The van der Waals surface area contributed by atoms with Crippen molar-refractivity contribution in [2.45, 2.75) is 0 Å². The molecule has 0 fully saturated rings. The second kappa shape index (κ2) is 2.42. The molecule has 2 nitrogen and oxygen atoms in total. The van der Waals surface area contributed by atoms with Gasteiger partial charge in [-0.3, -0.25) is 0 Å². The molecule has 0 saturated carbocycles. The Kier molecular flexibility index (Phi) is 1.78. The number of H-pyrrole nitrogens is 1. The number of halogens is 2. The van der Waals surface area contributed by atoms with Crippen LogP contribution in [0.15, 0.2) is 12.4 Å². The predicted octanol–water partition coefficient (Wildman–Crippen LogP) is 1.39. The molecular formula is C5H5Cl2N2+. The van der Waals surface area contributed by atoms with E-state index in [-0.39, 0.29) is 0 Å². The maximum atomic E-state index is 5.57. The topological polar surface area (TPSA) is 40.2 Å². The van der Waals surface area contributed by atoms with E-state index in [0.717, 1.165) is 0 Å². The van der Waals surface area contributed by atoms with Crippen molar-refractivity contribution in [3.05, 3.63) is 22.4 Å². The van der Waals surface area contributed by atoms with Crippen LogP contribution in [0.1, 0.15) is 0 Å². The van der Waals surface area contributed by atoms with Crippen molar-refractivity contribution in [3.8, 4) is 0 Å². The number of pyridine rings is 1. The molecule has 0 bridgehead atoms. The second-order valence-corrected chi connectivity index (χ2v) is 2.38. The predicted molar refractivity (Wildman–Crippen MR) is 37.4 cm³/mol. The molecule has 0 spiro atoms. The van der Waals surface area contributed by atoms with Crippen LogP contribution in [0.5, 0.6) is 0 Å². The first-order valence-corrected chi connectivity index (χ1v) is 3.08. The molecule has 0 aliphatic carbocycles. The van der Waals surface area contributed by atoms with E-state index in [1.165, 1.54) is 0 Å². The number of anilines is 1.